The predicted molar refractivity (Wildman–Crippen MR) is 110 cm³/mol. The number of ether oxygens (including phenoxy) is 1. The third kappa shape index (κ3) is 4.03. The maximum Gasteiger partial charge on any atom is 0.251 e. The molecule has 6 heteroatoms. The maximum atomic E-state index is 12.6. The number of carbonyl (C=O) groups is 1. The Kier molecular flexibility index (Phi) is 5.60. The Morgan fingerprint density at radius 3 is 2.64 bits per heavy atom. The Labute approximate surface area is 164 Å². The maximum absolute atomic E-state index is 12.6. The van der Waals surface area contributed by atoms with Crippen LogP contribution >= 0.6 is 0 Å². The molecule has 28 heavy (non-hydrogen) atoms. The van der Waals surface area contributed by atoms with Gasteiger partial charge < -0.3 is 25.0 Å². The summed E-state index contributed by atoms with van der Waals surface area (Å²) in [7, 11) is 0. The van der Waals surface area contributed by atoms with Gasteiger partial charge in [-0.2, -0.15) is 0 Å². The number of fused-ring (bicyclic) bond motifs is 1. The fourth-order valence-corrected chi connectivity index (χ4v) is 3.64. The minimum atomic E-state index is -0.342. The lowest BCUT2D eigenvalue weighted by Crippen LogP contribution is -2.39. The van der Waals surface area contributed by atoms with Crippen molar-refractivity contribution in [3.63, 3.8) is 0 Å². The van der Waals surface area contributed by atoms with Crippen LogP contribution in [0.3, 0.4) is 0 Å². The second-order valence-electron chi connectivity index (χ2n) is 7.06. The number of aliphatic hydroxyl groups is 1. The molecule has 1 saturated heterocycles. The van der Waals surface area contributed by atoms with E-state index < -0.39 is 0 Å². The highest BCUT2D eigenvalue weighted by Gasteiger charge is 2.17. The second kappa shape index (κ2) is 8.46. The van der Waals surface area contributed by atoms with Crippen LogP contribution in [0, 0.1) is 0 Å². The quantitative estimate of drug-likeness (QED) is 0.614. The molecule has 0 aliphatic carbocycles. The van der Waals surface area contributed by atoms with E-state index in [2.05, 4.69) is 15.2 Å². The van der Waals surface area contributed by atoms with Gasteiger partial charge in [-0.3, -0.25) is 4.79 Å². The van der Waals surface area contributed by atoms with E-state index in [1.54, 1.807) is 0 Å². The normalized spacial score (nSPS) is 15.5. The largest absolute Gasteiger partial charge is 0.394 e. The van der Waals surface area contributed by atoms with Crippen molar-refractivity contribution in [2.45, 2.75) is 12.5 Å². The number of para-hydroxylation sites is 1. The van der Waals surface area contributed by atoms with Crippen LogP contribution in [0.2, 0.25) is 0 Å². The standard InChI is InChI=1S/C22H25N3O3/c26-15-18(13-17-14-23-21-4-2-1-3-20(17)21)24-22(27)16-5-7-19(8-6-16)25-9-11-28-12-10-25/h1-8,14,18,23,26H,9-13,15H2,(H,24,27)/t18-/m1/s1. The molecular weight excluding hydrogens is 354 g/mol. The summed E-state index contributed by atoms with van der Waals surface area (Å²) < 4.78 is 5.38. The fraction of sp³-hybridized carbons (Fsp3) is 0.318. The number of nitrogens with one attached hydrogen (secondary N) is 2. The van der Waals surface area contributed by atoms with Gasteiger partial charge in [-0.05, 0) is 42.3 Å². The molecule has 3 N–H and O–H groups in total. The van der Waals surface area contributed by atoms with Gasteiger partial charge in [-0.1, -0.05) is 18.2 Å². The number of amides is 1. The zero-order valence-corrected chi connectivity index (χ0v) is 15.7. The van der Waals surface area contributed by atoms with Crippen molar-refractivity contribution in [1.82, 2.24) is 10.3 Å². The van der Waals surface area contributed by atoms with E-state index in [0.29, 0.717) is 12.0 Å². The van der Waals surface area contributed by atoms with Crippen LogP contribution < -0.4 is 10.2 Å². The number of aromatic amines is 1. The smallest absolute Gasteiger partial charge is 0.251 e. The molecule has 146 valence electrons. The van der Waals surface area contributed by atoms with E-state index in [1.165, 1.54) is 0 Å². The van der Waals surface area contributed by atoms with Gasteiger partial charge in [0.05, 0.1) is 25.9 Å². The van der Waals surface area contributed by atoms with Crippen molar-refractivity contribution in [3.05, 3.63) is 65.9 Å². The van der Waals surface area contributed by atoms with Crippen LogP contribution in [0.25, 0.3) is 10.9 Å². The first-order valence-electron chi connectivity index (χ1n) is 9.64. The third-order valence-corrected chi connectivity index (χ3v) is 5.20. The van der Waals surface area contributed by atoms with E-state index >= 15 is 0 Å². The predicted octanol–water partition coefficient (Wildman–Crippen LogP) is 2.34. The van der Waals surface area contributed by atoms with Gasteiger partial charge in [0, 0.05) is 41.4 Å². The third-order valence-electron chi connectivity index (χ3n) is 5.20. The zero-order valence-electron chi connectivity index (χ0n) is 15.7. The Morgan fingerprint density at radius 1 is 1.14 bits per heavy atom. The molecule has 2 aromatic carbocycles. The number of H-pyrrole nitrogens is 1. The van der Waals surface area contributed by atoms with Gasteiger partial charge in [0.15, 0.2) is 0 Å². The topological polar surface area (TPSA) is 77.6 Å². The van der Waals surface area contributed by atoms with Gasteiger partial charge in [-0.25, -0.2) is 0 Å². The van der Waals surface area contributed by atoms with Gasteiger partial charge >= 0.3 is 0 Å². The van der Waals surface area contributed by atoms with Gasteiger partial charge in [0.1, 0.15) is 0 Å². The molecule has 4 rings (SSSR count). The van der Waals surface area contributed by atoms with E-state index in [-0.39, 0.29) is 18.6 Å². The number of morpholine rings is 1. The fourth-order valence-electron chi connectivity index (χ4n) is 3.64. The number of carbonyl (C=O) groups excluding carboxylic acids is 1. The first kappa shape index (κ1) is 18.5. The molecule has 1 aliphatic rings. The first-order chi connectivity index (χ1) is 13.7. The number of nitrogens with zero attached hydrogens (tertiary/aromatic N) is 1. The van der Waals surface area contributed by atoms with Crippen molar-refractivity contribution in [3.8, 4) is 0 Å². The highest BCUT2D eigenvalue weighted by Crippen LogP contribution is 2.20. The molecule has 2 heterocycles. The van der Waals surface area contributed by atoms with Crippen LogP contribution in [-0.2, 0) is 11.2 Å². The molecule has 0 bridgehead atoms. The minimum absolute atomic E-state index is 0.114. The molecule has 1 fully saturated rings. The van der Waals surface area contributed by atoms with Crippen molar-refractivity contribution < 1.29 is 14.6 Å². The average Bonchev–Trinajstić information content (AvgIpc) is 3.17. The van der Waals surface area contributed by atoms with Crippen molar-refractivity contribution >= 4 is 22.5 Å². The number of hydrogen-bond acceptors (Lipinski definition) is 4. The summed E-state index contributed by atoms with van der Waals surface area (Å²) in [6, 6.07) is 15.3. The summed E-state index contributed by atoms with van der Waals surface area (Å²) in [5.41, 5.74) is 3.82. The molecule has 0 saturated carbocycles. The summed E-state index contributed by atoms with van der Waals surface area (Å²) in [5, 5.41) is 13.8. The number of hydrogen-bond donors (Lipinski definition) is 3. The molecule has 0 unspecified atom stereocenters. The molecule has 0 radical (unpaired) electrons. The monoisotopic (exact) mass is 379 g/mol. The van der Waals surface area contributed by atoms with Crippen molar-refractivity contribution in [1.29, 1.82) is 0 Å². The summed E-state index contributed by atoms with van der Waals surface area (Å²) in [4.78, 5) is 18.1. The first-order valence-corrected chi connectivity index (χ1v) is 9.64. The van der Waals surface area contributed by atoms with Crippen LogP contribution in [-0.4, -0.2) is 54.9 Å². The highest BCUT2D eigenvalue weighted by molar-refractivity contribution is 5.94. The molecule has 1 aliphatic heterocycles. The lowest BCUT2D eigenvalue weighted by molar-refractivity contribution is 0.0916. The van der Waals surface area contributed by atoms with Crippen molar-refractivity contribution in [2.24, 2.45) is 0 Å². The van der Waals surface area contributed by atoms with Crippen LogP contribution in [0.15, 0.2) is 54.7 Å². The second-order valence-corrected chi connectivity index (χ2v) is 7.06. The molecular formula is C22H25N3O3. The summed E-state index contributed by atoms with van der Waals surface area (Å²) >= 11 is 0. The average molecular weight is 379 g/mol. The molecule has 6 nitrogen and oxygen atoms in total. The number of aromatic nitrogens is 1. The summed E-state index contributed by atoms with van der Waals surface area (Å²) in [6.07, 6.45) is 2.51. The number of anilines is 1. The highest BCUT2D eigenvalue weighted by atomic mass is 16.5. The summed E-state index contributed by atoms with van der Waals surface area (Å²) in [6.45, 7) is 3.07. The lowest BCUT2D eigenvalue weighted by atomic mass is 10.0. The van der Waals surface area contributed by atoms with E-state index in [0.717, 1.165) is 48.5 Å². The lowest BCUT2D eigenvalue weighted by Gasteiger charge is -2.28. The van der Waals surface area contributed by atoms with Crippen molar-refractivity contribution in [2.75, 3.05) is 37.8 Å². The SMILES string of the molecule is O=C(N[C@@H](CO)Cc1c[nH]c2ccccc12)c1ccc(N2CCOCC2)cc1. The van der Waals surface area contributed by atoms with Gasteiger partial charge in [-0.15, -0.1) is 0 Å². The van der Waals surface area contributed by atoms with Gasteiger partial charge in [0.25, 0.3) is 5.91 Å². The van der Waals surface area contributed by atoms with E-state index in [9.17, 15) is 9.90 Å². The van der Waals surface area contributed by atoms with E-state index in [1.807, 2.05) is 54.7 Å². The molecule has 3 aromatic rings. The van der Waals surface area contributed by atoms with Crippen LogP contribution in [0.4, 0.5) is 5.69 Å². The van der Waals surface area contributed by atoms with Gasteiger partial charge in [0.2, 0.25) is 0 Å². The van der Waals surface area contributed by atoms with Crippen LogP contribution in [0.5, 0.6) is 0 Å². The molecule has 0 spiro atoms. The Balaban J connectivity index is 1.41. The molecule has 1 atom stereocenters. The number of aliphatic hydroxyl groups excluding tert-OH is 1. The van der Waals surface area contributed by atoms with Crippen LogP contribution in [0.1, 0.15) is 15.9 Å². The summed E-state index contributed by atoms with van der Waals surface area (Å²) in [5.74, 6) is -0.174. The molecule has 1 amide bonds. The zero-order chi connectivity index (χ0) is 19.3. The Morgan fingerprint density at radius 2 is 1.89 bits per heavy atom. The number of benzene rings is 2. The van der Waals surface area contributed by atoms with E-state index in [4.69, 9.17) is 4.74 Å². The number of rotatable bonds is 6. The Bertz CT molecular complexity index is 930. The Hall–Kier alpha value is -2.83. The molecule has 1 aromatic heterocycles. The minimum Gasteiger partial charge on any atom is -0.394 e.